The van der Waals surface area contributed by atoms with Crippen molar-refractivity contribution in [3.8, 4) is 11.5 Å². The van der Waals surface area contributed by atoms with Crippen molar-refractivity contribution in [1.29, 1.82) is 0 Å². The quantitative estimate of drug-likeness (QED) is 0.642. The van der Waals surface area contributed by atoms with Crippen LogP contribution >= 0.6 is 23.2 Å². The molecule has 0 spiro atoms. The van der Waals surface area contributed by atoms with Gasteiger partial charge in [0.2, 0.25) is 0 Å². The Morgan fingerprint density at radius 2 is 1.26 bits per heavy atom. The van der Waals surface area contributed by atoms with Gasteiger partial charge in [0.05, 0.1) is 0 Å². The molecule has 0 bridgehead atoms. The maximum absolute atomic E-state index is 11.7. The van der Waals surface area contributed by atoms with Crippen LogP contribution in [0.5, 0.6) is 11.5 Å². The molecule has 3 aromatic rings. The van der Waals surface area contributed by atoms with E-state index < -0.39 is 5.60 Å². The third-order valence-electron chi connectivity index (χ3n) is 4.08. The zero-order valence-corrected chi connectivity index (χ0v) is 13.5. The van der Waals surface area contributed by atoms with E-state index in [0.717, 1.165) is 5.56 Å². The normalized spacial score (nSPS) is 14.6. The van der Waals surface area contributed by atoms with E-state index in [2.05, 4.69) is 0 Å². The van der Waals surface area contributed by atoms with Gasteiger partial charge in [-0.25, -0.2) is 0 Å². The van der Waals surface area contributed by atoms with E-state index in [9.17, 15) is 5.11 Å². The average Bonchev–Trinajstić information content (AvgIpc) is 2.55. The largest absolute Gasteiger partial charge is 0.456 e. The van der Waals surface area contributed by atoms with Gasteiger partial charge in [0.1, 0.15) is 17.1 Å². The number of hydrogen-bond donors (Lipinski definition) is 1. The lowest BCUT2D eigenvalue weighted by atomic mass is 9.78. The van der Waals surface area contributed by atoms with Crippen molar-refractivity contribution in [3.05, 3.63) is 93.5 Å². The van der Waals surface area contributed by atoms with Gasteiger partial charge in [0, 0.05) is 21.2 Å². The summed E-state index contributed by atoms with van der Waals surface area (Å²) in [6.45, 7) is 0. The highest BCUT2D eigenvalue weighted by molar-refractivity contribution is 6.31. The topological polar surface area (TPSA) is 29.5 Å². The second kappa shape index (κ2) is 5.27. The molecule has 1 aliphatic heterocycles. The Kier molecular flexibility index (Phi) is 3.34. The first-order chi connectivity index (χ1) is 11.1. The fourth-order valence-corrected chi connectivity index (χ4v) is 3.34. The van der Waals surface area contributed by atoms with E-state index in [4.69, 9.17) is 27.9 Å². The molecular formula is C19H12Cl2O2. The van der Waals surface area contributed by atoms with Gasteiger partial charge < -0.3 is 9.84 Å². The van der Waals surface area contributed by atoms with Crippen LogP contribution in [0.4, 0.5) is 0 Å². The monoisotopic (exact) mass is 342 g/mol. The Morgan fingerprint density at radius 3 is 1.78 bits per heavy atom. The van der Waals surface area contributed by atoms with E-state index in [0.29, 0.717) is 32.7 Å². The van der Waals surface area contributed by atoms with E-state index >= 15 is 0 Å². The van der Waals surface area contributed by atoms with Crippen molar-refractivity contribution in [2.24, 2.45) is 0 Å². The highest BCUT2D eigenvalue weighted by Gasteiger charge is 2.42. The number of ether oxygens (including phenoxy) is 1. The Labute approximate surface area is 143 Å². The first-order valence-corrected chi connectivity index (χ1v) is 7.90. The fraction of sp³-hybridized carbons (Fsp3) is 0.0526. The third kappa shape index (κ3) is 2.22. The van der Waals surface area contributed by atoms with Crippen LogP contribution in [-0.2, 0) is 5.60 Å². The lowest BCUT2D eigenvalue weighted by Crippen LogP contribution is -2.32. The van der Waals surface area contributed by atoms with Crippen molar-refractivity contribution in [1.82, 2.24) is 0 Å². The van der Waals surface area contributed by atoms with Crippen molar-refractivity contribution >= 4 is 23.2 Å². The zero-order chi connectivity index (χ0) is 16.0. The molecule has 4 rings (SSSR count). The molecule has 0 unspecified atom stereocenters. The summed E-state index contributed by atoms with van der Waals surface area (Å²) in [6.07, 6.45) is 0. The fourth-order valence-electron chi connectivity index (χ4n) is 3.01. The van der Waals surface area contributed by atoms with Gasteiger partial charge in [-0.15, -0.1) is 0 Å². The second-order valence-electron chi connectivity index (χ2n) is 5.46. The maximum Gasteiger partial charge on any atom is 0.147 e. The lowest BCUT2D eigenvalue weighted by Gasteiger charge is -2.36. The van der Waals surface area contributed by atoms with Crippen LogP contribution in [-0.4, -0.2) is 5.11 Å². The Hall–Kier alpha value is -2.00. The smallest absolute Gasteiger partial charge is 0.147 e. The number of hydrogen-bond acceptors (Lipinski definition) is 2. The molecule has 0 fully saturated rings. The van der Waals surface area contributed by atoms with E-state index in [-0.39, 0.29) is 0 Å². The molecule has 0 aliphatic carbocycles. The van der Waals surface area contributed by atoms with Crippen LogP contribution in [0.15, 0.2) is 66.7 Å². The summed E-state index contributed by atoms with van der Waals surface area (Å²) in [5.41, 5.74) is 0.751. The summed E-state index contributed by atoms with van der Waals surface area (Å²) >= 11 is 12.2. The van der Waals surface area contributed by atoms with Gasteiger partial charge >= 0.3 is 0 Å². The van der Waals surface area contributed by atoms with Crippen molar-refractivity contribution < 1.29 is 9.84 Å². The van der Waals surface area contributed by atoms with Gasteiger partial charge in [-0.05, 0) is 29.8 Å². The number of benzene rings is 3. The van der Waals surface area contributed by atoms with Crippen molar-refractivity contribution in [2.75, 3.05) is 0 Å². The van der Waals surface area contributed by atoms with Crippen LogP contribution in [0, 0.1) is 0 Å². The molecule has 0 saturated heterocycles. The molecule has 1 N–H and O–H groups in total. The minimum Gasteiger partial charge on any atom is -0.456 e. The maximum atomic E-state index is 11.7. The van der Waals surface area contributed by atoms with Gasteiger partial charge in [0.15, 0.2) is 0 Å². The molecule has 3 aromatic carbocycles. The van der Waals surface area contributed by atoms with Gasteiger partial charge in [-0.3, -0.25) is 0 Å². The Morgan fingerprint density at radius 1 is 0.739 bits per heavy atom. The molecule has 0 atom stereocenters. The van der Waals surface area contributed by atoms with Crippen molar-refractivity contribution in [3.63, 3.8) is 0 Å². The number of rotatable bonds is 1. The number of fused-ring (bicyclic) bond motifs is 2. The molecule has 4 heteroatoms. The van der Waals surface area contributed by atoms with E-state index in [1.807, 2.05) is 30.3 Å². The second-order valence-corrected chi connectivity index (χ2v) is 6.33. The van der Waals surface area contributed by atoms with Crippen molar-refractivity contribution in [2.45, 2.75) is 5.60 Å². The van der Waals surface area contributed by atoms with Crippen LogP contribution in [0.1, 0.15) is 16.7 Å². The van der Waals surface area contributed by atoms with Crippen LogP contribution < -0.4 is 4.74 Å². The molecule has 0 aromatic heterocycles. The zero-order valence-electron chi connectivity index (χ0n) is 12.0. The predicted octanol–water partition coefficient (Wildman–Crippen LogP) is 5.38. The molecule has 0 amide bonds. The molecular weight excluding hydrogens is 331 g/mol. The Bertz CT molecular complexity index is 840. The molecule has 2 nitrogen and oxygen atoms in total. The molecule has 23 heavy (non-hydrogen) atoms. The number of halogens is 2. The Balaban J connectivity index is 2.05. The summed E-state index contributed by atoms with van der Waals surface area (Å²) in [4.78, 5) is 0. The van der Waals surface area contributed by atoms with Gasteiger partial charge in [-0.2, -0.15) is 0 Å². The van der Waals surface area contributed by atoms with Crippen LogP contribution in [0.2, 0.25) is 10.0 Å². The standard InChI is InChI=1S/C19H12Cl2O2/c20-13-6-8-15-17(10-13)23-18-11-14(21)7-9-16(18)19(15,22)12-4-2-1-3-5-12/h1-11,22H. The molecule has 0 saturated carbocycles. The van der Waals surface area contributed by atoms with Crippen LogP contribution in [0.25, 0.3) is 0 Å². The van der Waals surface area contributed by atoms with Gasteiger partial charge in [-0.1, -0.05) is 65.7 Å². The van der Waals surface area contributed by atoms with E-state index in [1.165, 1.54) is 0 Å². The molecule has 1 heterocycles. The predicted molar refractivity (Wildman–Crippen MR) is 91.5 cm³/mol. The SMILES string of the molecule is OC1(c2ccccc2)c2ccc(Cl)cc2Oc2cc(Cl)ccc21. The van der Waals surface area contributed by atoms with Crippen LogP contribution in [0.3, 0.4) is 0 Å². The number of aliphatic hydroxyl groups is 1. The summed E-state index contributed by atoms with van der Waals surface area (Å²) in [7, 11) is 0. The van der Waals surface area contributed by atoms with E-state index in [1.54, 1.807) is 36.4 Å². The summed E-state index contributed by atoms with van der Waals surface area (Å²) in [6, 6.07) is 20.0. The first-order valence-electron chi connectivity index (χ1n) is 7.15. The average molecular weight is 343 g/mol. The third-order valence-corrected chi connectivity index (χ3v) is 4.55. The summed E-state index contributed by atoms with van der Waals surface area (Å²) < 4.78 is 5.93. The molecule has 114 valence electrons. The first kappa shape index (κ1) is 14.6. The van der Waals surface area contributed by atoms with Gasteiger partial charge in [0.25, 0.3) is 0 Å². The highest BCUT2D eigenvalue weighted by atomic mass is 35.5. The minimum atomic E-state index is -1.32. The molecule has 1 aliphatic rings. The summed E-state index contributed by atoms with van der Waals surface area (Å²) in [5, 5.41) is 12.8. The lowest BCUT2D eigenvalue weighted by molar-refractivity contribution is 0.112. The highest BCUT2D eigenvalue weighted by Crippen LogP contribution is 2.51. The molecule has 0 radical (unpaired) electrons. The minimum absolute atomic E-state index is 0.526. The summed E-state index contributed by atoms with van der Waals surface area (Å²) in [5.74, 6) is 1.05.